The summed E-state index contributed by atoms with van der Waals surface area (Å²) in [4.78, 5) is 18.3. The van der Waals surface area contributed by atoms with Crippen molar-refractivity contribution in [1.82, 2.24) is 9.88 Å². The lowest BCUT2D eigenvalue weighted by atomic mass is 10.1. The first kappa shape index (κ1) is 20.1. The zero-order valence-corrected chi connectivity index (χ0v) is 15.7. The largest absolute Gasteiger partial charge is 0.416 e. The summed E-state index contributed by atoms with van der Waals surface area (Å²) >= 11 is 0. The second kappa shape index (κ2) is 7.42. The lowest BCUT2D eigenvalue weighted by molar-refractivity contribution is -0.137. The number of carbonyl (C=O) groups is 1. The molecule has 2 heterocycles. The average Bonchev–Trinajstić information content (AvgIpc) is 3.00. The van der Waals surface area contributed by atoms with Gasteiger partial charge in [0, 0.05) is 25.0 Å². The molecule has 1 N–H and O–H groups in total. The van der Waals surface area contributed by atoms with Crippen molar-refractivity contribution in [3.63, 3.8) is 0 Å². The highest BCUT2D eigenvalue weighted by atomic mass is 32.2. The molecule has 1 aromatic heterocycles. The normalized spacial score (nSPS) is 18.6. The number of aromatic nitrogens is 1. The molecule has 1 unspecified atom stereocenters. The molecule has 3 rings (SSSR count). The number of pyridine rings is 1. The summed E-state index contributed by atoms with van der Waals surface area (Å²) in [5, 5.41) is 2.75. The zero-order valence-electron chi connectivity index (χ0n) is 14.9. The van der Waals surface area contributed by atoms with Gasteiger partial charge in [-0.1, -0.05) is 6.07 Å². The van der Waals surface area contributed by atoms with Crippen LogP contribution in [-0.2, 0) is 16.0 Å². The number of hydrogen-bond acceptors (Lipinski definition) is 5. The van der Waals surface area contributed by atoms with E-state index in [1.54, 1.807) is 0 Å². The molecule has 1 atom stereocenters. The maximum Gasteiger partial charge on any atom is 0.416 e. The number of anilines is 2. The Morgan fingerprint density at radius 2 is 2.00 bits per heavy atom. The minimum Gasteiger partial charge on any atom is -0.340 e. The van der Waals surface area contributed by atoms with E-state index in [1.807, 2.05) is 0 Å². The quantitative estimate of drug-likeness (QED) is 0.833. The van der Waals surface area contributed by atoms with Crippen LogP contribution in [0.5, 0.6) is 0 Å². The van der Waals surface area contributed by atoms with E-state index in [2.05, 4.69) is 10.3 Å². The zero-order chi connectivity index (χ0) is 20.5. The van der Waals surface area contributed by atoms with E-state index in [4.69, 9.17) is 0 Å². The summed E-state index contributed by atoms with van der Waals surface area (Å²) < 4.78 is 62.0. The highest BCUT2D eigenvalue weighted by molar-refractivity contribution is 7.91. The Bertz CT molecular complexity index is 993. The predicted molar refractivity (Wildman–Crippen MR) is 98.1 cm³/mol. The number of alkyl halides is 3. The Morgan fingerprint density at radius 3 is 2.64 bits per heavy atom. The number of nitrogens with one attached hydrogen (secondary N) is 1. The van der Waals surface area contributed by atoms with E-state index in [-0.39, 0.29) is 28.6 Å². The summed E-state index contributed by atoms with van der Waals surface area (Å²) in [5.41, 5.74) is -0.546. The number of rotatable bonds is 4. The third-order valence-electron chi connectivity index (χ3n) is 4.57. The van der Waals surface area contributed by atoms with Crippen LogP contribution in [0.25, 0.3) is 0 Å². The molecular formula is C18H18F3N3O3S. The number of sulfone groups is 1. The molecule has 0 spiro atoms. The van der Waals surface area contributed by atoms with Crippen LogP contribution in [0, 0.1) is 0 Å². The smallest absolute Gasteiger partial charge is 0.340 e. The molecule has 1 saturated heterocycles. The van der Waals surface area contributed by atoms with Crippen molar-refractivity contribution < 1.29 is 26.4 Å². The molecule has 1 fully saturated rings. The van der Waals surface area contributed by atoms with Crippen molar-refractivity contribution in [2.24, 2.45) is 0 Å². The number of halogens is 3. The molecule has 0 bridgehead atoms. The van der Waals surface area contributed by atoms with Gasteiger partial charge in [-0.3, -0.25) is 4.79 Å². The monoisotopic (exact) mass is 413 g/mol. The number of nitrogens with zero attached hydrogens (tertiary/aromatic N) is 2. The van der Waals surface area contributed by atoms with Crippen LogP contribution in [-0.4, -0.2) is 48.8 Å². The van der Waals surface area contributed by atoms with E-state index in [0.29, 0.717) is 6.42 Å². The maximum absolute atomic E-state index is 12.9. The molecule has 1 aliphatic heterocycles. The number of hydrogen-bond donors (Lipinski definition) is 1. The van der Waals surface area contributed by atoms with Crippen molar-refractivity contribution in [2.75, 3.05) is 23.9 Å². The Labute approximate surface area is 160 Å². The van der Waals surface area contributed by atoms with Crippen molar-refractivity contribution in [3.8, 4) is 0 Å². The van der Waals surface area contributed by atoms with Gasteiger partial charge in [-0.15, -0.1) is 0 Å². The third-order valence-corrected chi connectivity index (χ3v) is 6.32. The highest BCUT2D eigenvalue weighted by Gasteiger charge is 2.34. The maximum atomic E-state index is 12.9. The van der Waals surface area contributed by atoms with Crippen LogP contribution in [0.4, 0.5) is 24.7 Å². The first-order valence-corrected chi connectivity index (χ1v) is 10.3. The molecule has 150 valence electrons. The van der Waals surface area contributed by atoms with Crippen molar-refractivity contribution in [1.29, 1.82) is 0 Å². The lowest BCUT2D eigenvalue weighted by Gasteiger charge is -2.24. The minimum absolute atomic E-state index is 0.0255. The SMILES string of the molecule is CN(C(=O)c1cccnc1Nc1cccc(C(F)(F)F)c1)C1CCS(=O)(=O)C1. The fourth-order valence-electron chi connectivity index (χ4n) is 3.02. The molecule has 2 aromatic rings. The molecule has 10 heteroatoms. The number of carbonyl (C=O) groups excluding carboxylic acids is 1. The van der Waals surface area contributed by atoms with Gasteiger partial charge in [-0.2, -0.15) is 13.2 Å². The summed E-state index contributed by atoms with van der Waals surface area (Å²) in [6.45, 7) is 0. The van der Waals surface area contributed by atoms with E-state index in [0.717, 1.165) is 12.1 Å². The van der Waals surface area contributed by atoms with Gasteiger partial charge in [0.15, 0.2) is 9.84 Å². The van der Waals surface area contributed by atoms with Gasteiger partial charge in [0.05, 0.1) is 22.6 Å². The van der Waals surface area contributed by atoms with Crippen LogP contribution in [0.1, 0.15) is 22.3 Å². The van der Waals surface area contributed by atoms with Gasteiger partial charge in [-0.05, 0) is 36.8 Å². The van der Waals surface area contributed by atoms with Crippen LogP contribution in [0.15, 0.2) is 42.6 Å². The fourth-order valence-corrected chi connectivity index (χ4v) is 4.80. The van der Waals surface area contributed by atoms with Crippen molar-refractivity contribution in [3.05, 3.63) is 53.7 Å². The molecular weight excluding hydrogens is 395 g/mol. The van der Waals surface area contributed by atoms with Crippen LogP contribution >= 0.6 is 0 Å². The standard InChI is InChI=1S/C18H18F3N3O3S/c1-24(14-7-9-28(26,27)11-14)17(25)15-6-3-8-22-16(15)23-13-5-2-4-12(10-13)18(19,20)21/h2-6,8,10,14H,7,9,11H2,1H3,(H,22,23). The lowest BCUT2D eigenvalue weighted by Crippen LogP contribution is -2.38. The third kappa shape index (κ3) is 4.44. The number of benzene rings is 1. The molecule has 1 aliphatic rings. The molecule has 6 nitrogen and oxygen atoms in total. The first-order chi connectivity index (χ1) is 13.1. The highest BCUT2D eigenvalue weighted by Crippen LogP contribution is 2.31. The summed E-state index contributed by atoms with van der Waals surface area (Å²) in [6.07, 6.45) is -2.73. The Morgan fingerprint density at radius 1 is 1.25 bits per heavy atom. The van der Waals surface area contributed by atoms with Crippen molar-refractivity contribution >= 4 is 27.2 Å². The topological polar surface area (TPSA) is 79.4 Å². The Hall–Kier alpha value is -2.62. The Balaban J connectivity index is 1.85. The Kier molecular flexibility index (Phi) is 5.33. The summed E-state index contributed by atoms with van der Waals surface area (Å²) in [5.74, 6) is -0.437. The predicted octanol–water partition coefficient (Wildman–Crippen LogP) is 3.10. The molecule has 1 aromatic carbocycles. The van der Waals surface area contributed by atoms with Gasteiger partial charge in [0.1, 0.15) is 5.82 Å². The van der Waals surface area contributed by atoms with Gasteiger partial charge in [0.25, 0.3) is 5.91 Å². The molecule has 0 aliphatic carbocycles. The van der Waals surface area contributed by atoms with Gasteiger partial charge < -0.3 is 10.2 Å². The minimum atomic E-state index is -4.49. The van der Waals surface area contributed by atoms with Crippen molar-refractivity contribution in [2.45, 2.75) is 18.6 Å². The van der Waals surface area contributed by atoms with Crippen LogP contribution < -0.4 is 5.32 Å². The van der Waals surface area contributed by atoms with Crippen LogP contribution in [0.3, 0.4) is 0 Å². The second-order valence-electron chi connectivity index (χ2n) is 6.58. The molecule has 28 heavy (non-hydrogen) atoms. The summed E-state index contributed by atoms with van der Waals surface area (Å²) in [7, 11) is -1.66. The second-order valence-corrected chi connectivity index (χ2v) is 8.80. The van der Waals surface area contributed by atoms with E-state index < -0.39 is 33.5 Å². The van der Waals surface area contributed by atoms with Gasteiger partial charge in [-0.25, -0.2) is 13.4 Å². The average molecular weight is 413 g/mol. The van der Waals surface area contributed by atoms with Crippen LogP contribution in [0.2, 0.25) is 0 Å². The van der Waals surface area contributed by atoms with E-state index in [1.165, 1.54) is 42.4 Å². The fraction of sp³-hybridized carbons (Fsp3) is 0.333. The first-order valence-electron chi connectivity index (χ1n) is 8.44. The van der Waals surface area contributed by atoms with E-state index >= 15 is 0 Å². The molecule has 0 radical (unpaired) electrons. The summed E-state index contributed by atoms with van der Waals surface area (Å²) in [6, 6.07) is 7.14. The van der Waals surface area contributed by atoms with Gasteiger partial charge in [0.2, 0.25) is 0 Å². The molecule has 1 amide bonds. The molecule has 0 saturated carbocycles. The number of amides is 1. The van der Waals surface area contributed by atoms with E-state index in [9.17, 15) is 26.4 Å². The van der Waals surface area contributed by atoms with Gasteiger partial charge >= 0.3 is 6.18 Å².